The van der Waals surface area contributed by atoms with Crippen LogP contribution in [0.15, 0.2) is 18.2 Å². The monoisotopic (exact) mass is 293 g/mol. The fraction of sp³-hybridized carbons (Fsp3) is 0.467. The van der Waals surface area contributed by atoms with Gasteiger partial charge < -0.3 is 19.9 Å². The molecule has 0 aliphatic heterocycles. The lowest BCUT2D eigenvalue weighted by molar-refractivity contribution is -0.137. The molecule has 1 aromatic carbocycles. The fourth-order valence-corrected chi connectivity index (χ4v) is 2.13. The Morgan fingerprint density at radius 2 is 2.05 bits per heavy atom. The van der Waals surface area contributed by atoms with E-state index in [1.807, 2.05) is 0 Å². The molecule has 2 N–H and O–H groups in total. The van der Waals surface area contributed by atoms with Crippen LogP contribution >= 0.6 is 0 Å². The zero-order chi connectivity index (χ0) is 15.4. The number of rotatable bonds is 8. The van der Waals surface area contributed by atoms with Crippen molar-refractivity contribution in [3.8, 4) is 11.5 Å². The average Bonchev–Trinajstić information content (AvgIpc) is 3.28. The van der Waals surface area contributed by atoms with Crippen LogP contribution in [0.3, 0.4) is 0 Å². The maximum Gasteiger partial charge on any atom is 0.305 e. The predicted molar refractivity (Wildman–Crippen MR) is 76.1 cm³/mol. The first-order chi connectivity index (χ1) is 10.0. The number of Topliss-reactive ketones (excluding diaryl/α,β-unsaturated/α-hetero) is 1. The van der Waals surface area contributed by atoms with Crippen molar-refractivity contribution in [2.75, 3.05) is 14.2 Å². The summed E-state index contributed by atoms with van der Waals surface area (Å²) in [5.41, 5.74) is 0.330. The Morgan fingerprint density at radius 3 is 2.57 bits per heavy atom. The normalized spacial score (nSPS) is 15.3. The second kappa shape index (κ2) is 6.58. The minimum atomic E-state index is -1.01. The summed E-state index contributed by atoms with van der Waals surface area (Å²) < 4.78 is 10.3. The van der Waals surface area contributed by atoms with Crippen LogP contribution in [0.5, 0.6) is 11.5 Å². The van der Waals surface area contributed by atoms with E-state index in [0.717, 1.165) is 12.8 Å². The maximum atomic E-state index is 12.6. The summed E-state index contributed by atoms with van der Waals surface area (Å²) in [4.78, 5) is 23.6. The third-order valence-electron chi connectivity index (χ3n) is 3.38. The Labute approximate surface area is 123 Å². The van der Waals surface area contributed by atoms with Gasteiger partial charge in [-0.05, 0) is 31.0 Å². The highest BCUT2D eigenvalue weighted by molar-refractivity contribution is 6.04. The number of carbonyl (C=O) groups excluding carboxylic acids is 1. The Kier molecular flexibility index (Phi) is 4.80. The largest absolute Gasteiger partial charge is 0.497 e. The van der Waals surface area contributed by atoms with E-state index >= 15 is 0 Å². The number of carbonyl (C=O) groups is 2. The van der Waals surface area contributed by atoms with E-state index in [1.54, 1.807) is 18.2 Å². The summed E-state index contributed by atoms with van der Waals surface area (Å²) in [5, 5.41) is 12.1. The van der Waals surface area contributed by atoms with Crippen LogP contribution in [0.1, 0.15) is 29.6 Å². The van der Waals surface area contributed by atoms with Gasteiger partial charge in [0, 0.05) is 6.04 Å². The van der Waals surface area contributed by atoms with Crippen molar-refractivity contribution in [2.24, 2.45) is 0 Å². The van der Waals surface area contributed by atoms with Crippen molar-refractivity contribution in [1.82, 2.24) is 5.32 Å². The Hall–Kier alpha value is -2.08. The fourth-order valence-electron chi connectivity index (χ4n) is 2.13. The molecule has 1 aromatic rings. The summed E-state index contributed by atoms with van der Waals surface area (Å²) >= 11 is 0. The highest BCUT2D eigenvalue weighted by atomic mass is 16.5. The van der Waals surface area contributed by atoms with E-state index in [2.05, 4.69) is 5.32 Å². The van der Waals surface area contributed by atoms with Crippen LogP contribution < -0.4 is 14.8 Å². The van der Waals surface area contributed by atoms with Crippen LogP contribution in [-0.4, -0.2) is 43.2 Å². The molecule has 0 heterocycles. The van der Waals surface area contributed by atoms with Gasteiger partial charge in [-0.1, -0.05) is 0 Å². The van der Waals surface area contributed by atoms with Crippen molar-refractivity contribution < 1.29 is 24.2 Å². The van der Waals surface area contributed by atoms with E-state index < -0.39 is 12.0 Å². The summed E-state index contributed by atoms with van der Waals surface area (Å²) in [6.07, 6.45) is 1.69. The zero-order valence-corrected chi connectivity index (χ0v) is 12.1. The molecule has 1 unspecified atom stereocenters. The molecule has 0 radical (unpaired) electrons. The van der Waals surface area contributed by atoms with Gasteiger partial charge in [0.1, 0.15) is 11.5 Å². The van der Waals surface area contributed by atoms with Crippen molar-refractivity contribution in [3.63, 3.8) is 0 Å². The van der Waals surface area contributed by atoms with E-state index in [0.29, 0.717) is 17.1 Å². The van der Waals surface area contributed by atoms with Crippen LogP contribution in [-0.2, 0) is 4.79 Å². The molecule has 1 aliphatic carbocycles. The molecular formula is C15H19NO5. The first-order valence-electron chi connectivity index (χ1n) is 6.79. The van der Waals surface area contributed by atoms with E-state index in [1.165, 1.54) is 14.2 Å². The summed E-state index contributed by atoms with van der Waals surface area (Å²) in [5.74, 6) is -0.364. The van der Waals surface area contributed by atoms with E-state index in [9.17, 15) is 9.59 Å². The van der Waals surface area contributed by atoms with Crippen LogP contribution in [0.4, 0.5) is 0 Å². The third kappa shape index (κ3) is 3.95. The van der Waals surface area contributed by atoms with Crippen molar-refractivity contribution in [3.05, 3.63) is 23.8 Å². The summed E-state index contributed by atoms with van der Waals surface area (Å²) in [7, 11) is 2.98. The van der Waals surface area contributed by atoms with E-state index in [4.69, 9.17) is 14.6 Å². The maximum absolute atomic E-state index is 12.6. The van der Waals surface area contributed by atoms with Crippen LogP contribution in [0.2, 0.25) is 0 Å². The van der Waals surface area contributed by atoms with Gasteiger partial charge in [-0.15, -0.1) is 0 Å². The van der Waals surface area contributed by atoms with Gasteiger partial charge in [-0.3, -0.25) is 9.59 Å². The number of methoxy groups -OCH3 is 2. The molecule has 6 nitrogen and oxygen atoms in total. The molecule has 0 saturated heterocycles. The van der Waals surface area contributed by atoms with Gasteiger partial charge in [-0.2, -0.15) is 0 Å². The highest BCUT2D eigenvalue weighted by Crippen LogP contribution is 2.27. The molecule has 2 rings (SSSR count). The quantitative estimate of drug-likeness (QED) is 0.706. The SMILES string of the molecule is COc1ccc(OC)c(C(=O)C(CC(=O)O)NC2CC2)c1. The molecule has 0 amide bonds. The smallest absolute Gasteiger partial charge is 0.305 e. The number of ether oxygens (including phenoxy) is 2. The molecule has 1 saturated carbocycles. The number of aliphatic carboxylic acids is 1. The number of carboxylic acids is 1. The molecule has 1 aliphatic rings. The van der Waals surface area contributed by atoms with Gasteiger partial charge in [0.25, 0.3) is 0 Å². The number of nitrogens with one attached hydrogen (secondary N) is 1. The Balaban J connectivity index is 2.27. The molecule has 6 heteroatoms. The van der Waals surface area contributed by atoms with Crippen LogP contribution in [0, 0.1) is 0 Å². The molecule has 0 spiro atoms. The molecule has 1 fully saturated rings. The second-order valence-electron chi connectivity index (χ2n) is 5.02. The molecule has 114 valence electrons. The van der Waals surface area contributed by atoms with E-state index in [-0.39, 0.29) is 18.2 Å². The number of carboxylic acid groups (broad SMARTS) is 1. The van der Waals surface area contributed by atoms with Gasteiger partial charge in [0.2, 0.25) is 0 Å². The molecular weight excluding hydrogens is 274 g/mol. The molecule has 0 bridgehead atoms. The van der Waals surface area contributed by atoms with Crippen LogP contribution in [0.25, 0.3) is 0 Å². The average molecular weight is 293 g/mol. The second-order valence-corrected chi connectivity index (χ2v) is 5.02. The Morgan fingerprint density at radius 1 is 1.33 bits per heavy atom. The molecule has 1 atom stereocenters. The lowest BCUT2D eigenvalue weighted by Crippen LogP contribution is -2.40. The van der Waals surface area contributed by atoms with Gasteiger partial charge in [-0.25, -0.2) is 0 Å². The number of benzene rings is 1. The minimum Gasteiger partial charge on any atom is -0.497 e. The topological polar surface area (TPSA) is 84.9 Å². The molecule has 0 aromatic heterocycles. The van der Waals surface area contributed by atoms with Gasteiger partial charge in [0.15, 0.2) is 5.78 Å². The summed E-state index contributed by atoms with van der Waals surface area (Å²) in [6.45, 7) is 0. The Bertz CT molecular complexity index is 539. The molecule has 21 heavy (non-hydrogen) atoms. The van der Waals surface area contributed by atoms with Crippen molar-refractivity contribution in [1.29, 1.82) is 0 Å². The predicted octanol–water partition coefficient (Wildman–Crippen LogP) is 1.48. The number of hydrogen-bond acceptors (Lipinski definition) is 5. The first-order valence-corrected chi connectivity index (χ1v) is 6.79. The number of ketones is 1. The standard InChI is InChI=1S/C15H19NO5/c1-20-10-5-6-13(21-2)11(7-10)15(19)12(8-14(17)18)16-9-3-4-9/h5-7,9,12,16H,3-4,8H2,1-2H3,(H,17,18). The van der Waals surface area contributed by atoms with Gasteiger partial charge in [0.05, 0.1) is 32.2 Å². The zero-order valence-electron chi connectivity index (χ0n) is 12.1. The van der Waals surface area contributed by atoms with Crippen molar-refractivity contribution >= 4 is 11.8 Å². The van der Waals surface area contributed by atoms with Gasteiger partial charge >= 0.3 is 5.97 Å². The first kappa shape index (κ1) is 15.3. The summed E-state index contributed by atoms with van der Waals surface area (Å²) in [6, 6.07) is 4.38. The lowest BCUT2D eigenvalue weighted by Gasteiger charge is -2.17. The minimum absolute atomic E-state index is 0.231. The lowest BCUT2D eigenvalue weighted by atomic mass is 10.00. The highest BCUT2D eigenvalue weighted by Gasteiger charge is 2.31. The number of hydrogen-bond donors (Lipinski definition) is 2. The van der Waals surface area contributed by atoms with Crippen molar-refractivity contribution in [2.45, 2.75) is 31.3 Å². The third-order valence-corrected chi connectivity index (χ3v) is 3.38.